The van der Waals surface area contributed by atoms with Gasteiger partial charge < -0.3 is 44.8 Å². The van der Waals surface area contributed by atoms with E-state index >= 15 is 0 Å². The first kappa shape index (κ1) is 39.4. The van der Waals surface area contributed by atoms with Crippen molar-refractivity contribution in [2.45, 2.75) is 130 Å². The second kappa shape index (κ2) is 12.7. The molecule has 5 aliphatic rings. The topological polar surface area (TPSA) is 217 Å². The second-order valence-electron chi connectivity index (χ2n) is 17.2. The fourth-order valence-corrected chi connectivity index (χ4v) is 10.3. The van der Waals surface area contributed by atoms with Crippen LogP contribution in [0.2, 0.25) is 0 Å². The van der Waals surface area contributed by atoms with Crippen LogP contribution in [0.1, 0.15) is 81.6 Å². The first-order chi connectivity index (χ1) is 23.3. The lowest BCUT2D eigenvalue weighted by Crippen LogP contribution is -2.64. The van der Waals surface area contributed by atoms with E-state index in [4.69, 9.17) is 14.2 Å². The number of aliphatic hydroxyl groups excluding tert-OH is 5. The molecule has 51 heavy (non-hydrogen) atoms. The van der Waals surface area contributed by atoms with Gasteiger partial charge in [-0.05, 0) is 82.4 Å². The van der Waals surface area contributed by atoms with E-state index in [9.17, 15) is 49.8 Å². The average Bonchev–Trinajstić information content (AvgIpc) is 3.22. The van der Waals surface area contributed by atoms with Gasteiger partial charge in [0.1, 0.15) is 41.4 Å². The Hall–Kier alpha value is -2.78. The highest BCUT2D eigenvalue weighted by atomic mass is 16.7. The Labute approximate surface area is 298 Å². The predicted octanol–water partition coefficient (Wildman–Crippen LogP) is 1.45. The third kappa shape index (κ3) is 5.87. The molecule has 6 N–H and O–H groups in total. The summed E-state index contributed by atoms with van der Waals surface area (Å²) in [4.78, 5) is 53.9. The Bertz CT molecular complexity index is 1570. The quantitative estimate of drug-likeness (QED) is 0.119. The van der Waals surface area contributed by atoms with Gasteiger partial charge in [0, 0.05) is 30.6 Å². The summed E-state index contributed by atoms with van der Waals surface area (Å²) in [5.41, 5.74) is -6.62. The average molecular weight is 719 g/mol. The molecular weight excluding hydrogens is 664 g/mol. The minimum absolute atomic E-state index is 0.0841. The molecule has 13 atom stereocenters. The number of fused-ring (bicyclic) bond motifs is 5. The maximum absolute atomic E-state index is 14.8. The van der Waals surface area contributed by atoms with Gasteiger partial charge in [0.2, 0.25) is 12.1 Å². The van der Waals surface area contributed by atoms with Crippen LogP contribution < -0.4 is 0 Å². The zero-order valence-electron chi connectivity index (χ0n) is 30.9. The van der Waals surface area contributed by atoms with Crippen LogP contribution in [0.4, 0.5) is 0 Å². The number of carbonyl (C=O) groups is 4. The molecule has 0 amide bonds. The van der Waals surface area contributed by atoms with Gasteiger partial charge in [-0.2, -0.15) is 0 Å². The Kier molecular flexibility index (Phi) is 9.80. The Morgan fingerprint density at radius 1 is 1.00 bits per heavy atom. The summed E-state index contributed by atoms with van der Waals surface area (Å²) in [7, 11) is 0. The van der Waals surface area contributed by atoms with Crippen LogP contribution in [0.5, 0.6) is 0 Å². The van der Waals surface area contributed by atoms with Gasteiger partial charge in [0.05, 0.1) is 18.1 Å². The highest BCUT2D eigenvalue weighted by Crippen LogP contribution is 2.73. The lowest BCUT2D eigenvalue weighted by molar-refractivity contribution is -0.291. The Balaban J connectivity index is 1.52. The van der Waals surface area contributed by atoms with Crippen molar-refractivity contribution in [3.63, 3.8) is 0 Å². The van der Waals surface area contributed by atoms with Crippen LogP contribution in [0, 0.1) is 39.4 Å². The molecular formula is C38H54O13. The number of ether oxygens (including phenoxy) is 3. The number of hydrogen-bond donors (Lipinski definition) is 6. The van der Waals surface area contributed by atoms with Gasteiger partial charge in [-0.3, -0.25) is 19.2 Å². The van der Waals surface area contributed by atoms with E-state index in [2.05, 4.69) is 0 Å². The van der Waals surface area contributed by atoms with Crippen molar-refractivity contribution >= 4 is 23.3 Å². The van der Waals surface area contributed by atoms with Crippen molar-refractivity contribution in [2.75, 3.05) is 6.61 Å². The van der Waals surface area contributed by atoms with Crippen molar-refractivity contribution < 1.29 is 64.0 Å². The summed E-state index contributed by atoms with van der Waals surface area (Å²) >= 11 is 0. The van der Waals surface area contributed by atoms with Gasteiger partial charge in [0.25, 0.3) is 0 Å². The standard InChI is InChI=1S/C38H54O13/c1-18(40)51-33(2,3)13-12-25(42)38(9,48)30-21(41)15-35(6)24-11-10-19-20(37(24,8)26(43)16-36(30,35)7)14-22(31(47)34(19,4)5)49-32-29(46)28(45)27(44)23(17-39)50-32/h10,12-14,20-21,23-24,27-30,32,39,41,44-46,48H,11,15-17H2,1-9H3/b13-12+/t20-,21-,23-,24+,27-,28+,29-,30+,32-,35+,36-,37+,38-/m1/s1. The summed E-state index contributed by atoms with van der Waals surface area (Å²) in [6.07, 6.45) is -2.57. The summed E-state index contributed by atoms with van der Waals surface area (Å²) in [6.45, 7) is 14.2. The maximum Gasteiger partial charge on any atom is 0.303 e. The molecule has 13 heteroatoms. The molecule has 0 radical (unpaired) electrons. The molecule has 0 unspecified atom stereocenters. The largest absolute Gasteiger partial charge is 0.459 e. The number of Topliss-reactive ketones (excluding diaryl/α,β-unsaturated/α-hetero) is 2. The number of hydrogen-bond acceptors (Lipinski definition) is 13. The van der Waals surface area contributed by atoms with Crippen LogP contribution in [-0.4, -0.2) is 109 Å². The Morgan fingerprint density at radius 3 is 2.22 bits per heavy atom. The third-order valence-electron chi connectivity index (χ3n) is 13.3. The Morgan fingerprint density at radius 2 is 1.63 bits per heavy atom. The van der Waals surface area contributed by atoms with Gasteiger partial charge in [-0.25, -0.2) is 0 Å². The van der Waals surface area contributed by atoms with Crippen LogP contribution in [-0.2, 0) is 33.4 Å². The molecule has 13 nitrogen and oxygen atoms in total. The molecule has 2 saturated carbocycles. The van der Waals surface area contributed by atoms with E-state index in [-0.39, 0.29) is 24.4 Å². The fraction of sp³-hybridized carbons (Fsp3) is 0.737. The highest BCUT2D eigenvalue weighted by Gasteiger charge is 2.74. The number of esters is 1. The molecule has 4 aliphatic carbocycles. The molecule has 3 fully saturated rings. The predicted molar refractivity (Wildman–Crippen MR) is 180 cm³/mol. The second-order valence-corrected chi connectivity index (χ2v) is 17.2. The van der Waals surface area contributed by atoms with Crippen molar-refractivity contribution in [1.29, 1.82) is 0 Å². The van der Waals surface area contributed by atoms with E-state index in [0.29, 0.717) is 12.0 Å². The minimum atomic E-state index is -2.09. The summed E-state index contributed by atoms with van der Waals surface area (Å²) < 4.78 is 16.7. The lowest BCUT2D eigenvalue weighted by Gasteiger charge is -2.63. The monoisotopic (exact) mass is 718 g/mol. The minimum Gasteiger partial charge on any atom is -0.459 e. The van der Waals surface area contributed by atoms with Crippen molar-refractivity contribution in [3.05, 3.63) is 35.6 Å². The number of aliphatic hydroxyl groups is 6. The van der Waals surface area contributed by atoms with E-state index in [1.807, 2.05) is 26.8 Å². The molecule has 1 heterocycles. The first-order valence-electron chi connectivity index (χ1n) is 17.6. The zero-order chi connectivity index (χ0) is 38.4. The van der Waals surface area contributed by atoms with Crippen molar-refractivity contribution in [3.8, 4) is 0 Å². The molecule has 284 valence electrons. The molecule has 0 aromatic heterocycles. The molecule has 1 aliphatic heterocycles. The van der Waals surface area contributed by atoms with Gasteiger partial charge in [-0.1, -0.05) is 32.4 Å². The molecule has 0 bridgehead atoms. The van der Waals surface area contributed by atoms with Crippen LogP contribution >= 0.6 is 0 Å². The SMILES string of the molecule is CC(=O)OC(C)(C)/C=C/C(=O)[C@@](C)(O)[C@H]1[C@H](O)C[C@@]2(C)[C@@H]3CC=C4[C@@H](C=C(O[C@@H]5O[C@H](CO)[C@@H](O)[C@H](O)[C@H]5O)C(=O)C4(C)C)[C@]3(C)C(=O)C[C@]12C. The van der Waals surface area contributed by atoms with Crippen LogP contribution in [0.3, 0.4) is 0 Å². The van der Waals surface area contributed by atoms with E-state index in [0.717, 1.165) is 6.08 Å². The van der Waals surface area contributed by atoms with Crippen LogP contribution in [0.25, 0.3) is 0 Å². The molecule has 0 aromatic carbocycles. The normalized spacial score (nSPS) is 43.3. The third-order valence-corrected chi connectivity index (χ3v) is 13.3. The van der Waals surface area contributed by atoms with E-state index in [1.165, 1.54) is 19.9 Å². The summed E-state index contributed by atoms with van der Waals surface area (Å²) in [5.74, 6) is -4.17. The van der Waals surface area contributed by atoms with Crippen molar-refractivity contribution in [1.82, 2.24) is 0 Å². The lowest BCUT2D eigenvalue weighted by atomic mass is 9.39. The smallest absolute Gasteiger partial charge is 0.303 e. The van der Waals surface area contributed by atoms with E-state index in [1.54, 1.807) is 33.8 Å². The van der Waals surface area contributed by atoms with Gasteiger partial charge in [0.15, 0.2) is 11.5 Å². The maximum atomic E-state index is 14.8. The number of carbonyl (C=O) groups excluding carboxylic acids is 4. The molecule has 1 saturated heterocycles. The summed E-state index contributed by atoms with van der Waals surface area (Å²) in [5, 5.41) is 64.6. The fourth-order valence-electron chi connectivity index (χ4n) is 10.3. The first-order valence-corrected chi connectivity index (χ1v) is 17.6. The molecule has 5 rings (SSSR count). The number of allylic oxidation sites excluding steroid dienone is 4. The van der Waals surface area contributed by atoms with Gasteiger partial charge >= 0.3 is 5.97 Å². The molecule has 0 aromatic rings. The highest BCUT2D eigenvalue weighted by molar-refractivity contribution is 6.02. The van der Waals surface area contributed by atoms with Crippen molar-refractivity contribution in [2.24, 2.45) is 39.4 Å². The zero-order valence-corrected chi connectivity index (χ0v) is 30.9. The van der Waals surface area contributed by atoms with Gasteiger partial charge in [-0.15, -0.1) is 0 Å². The van der Waals surface area contributed by atoms with E-state index < -0.39 is 112 Å². The van der Waals surface area contributed by atoms with Crippen LogP contribution in [0.15, 0.2) is 35.6 Å². The summed E-state index contributed by atoms with van der Waals surface area (Å²) in [6, 6.07) is 0. The molecule has 0 spiro atoms. The number of ketones is 3. The number of rotatable bonds is 8.